The number of rotatable bonds is 4. The van der Waals surface area contributed by atoms with Crippen molar-refractivity contribution in [3.05, 3.63) is 34.3 Å². The predicted molar refractivity (Wildman–Crippen MR) is 77.8 cm³/mol. The lowest BCUT2D eigenvalue weighted by atomic mass is 10.1. The molecule has 0 radical (unpaired) electrons. The van der Waals surface area contributed by atoms with E-state index in [-0.39, 0.29) is 11.3 Å². The molecule has 98 valence electrons. The zero-order valence-electron chi connectivity index (χ0n) is 10.2. The van der Waals surface area contributed by atoms with Gasteiger partial charge in [0.25, 0.3) is 0 Å². The Bertz CT molecular complexity index is 424. The van der Waals surface area contributed by atoms with Gasteiger partial charge in [-0.05, 0) is 36.5 Å². The van der Waals surface area contributed by atoms with E-state index < -0.39 is 0 Å². The number of halogens is 2. The molecule has 0 aliphatic heterocycles. The Balaban J connectivity index is 1.78. The molecule has 0 aromatic heterocycles. The largest absolute Gasteiger partial charge is 0.355 e. The zero-order valence-corrected chi connectivity index (χ0v) is 12.5. The summed E-state index contributed by atoms with van der Waals surface area (Å²) in [6.45, 7) is 0.709. The Morgan fingerprint density at radius 1 is 1.44 bits per heavy atom. The van der Waals surface area contributed by atoms with E-state index in [1.165, 1.54) is 6.42 Å². The first-order valence-electron chi connectivity index (χ1n) is 6.30. The minimum atomic E-state index is 0.0730. The van der Waals surface area contributed by atoms with Crippen molar-refractivity contribution in [1.82, 2.24) is 5.32 Å². The number of carbonyl (C=O) groups excluding carboxylic acids is 1. The summed E-state index contributed by atoms with van der Waals surface area (Å²) in [6, 6.07) is 7.83. The third-order valence-corrected chi connectivity index (χ3v) is 4.45. The Labute approximate surface area is 121 Å². The van der Waals surface area contributed by atoms with Crippen LogP contribution < -0.4 is 5.32 Å². The summed E-state index contributed by atoms with van der Waals surface area (Å²) in [4.78, 5) is 11.8. The average Bonchev–Trinajstić information content (AvgIpc) is 2.72. The molecule has 1 aromatic rings. The second-order valence-corrected chi connectivity index (χ2v) is 6.29. The van der Waals surface area contributed by atoms with Crippen LogP contribution in [0, 0.1) is 5.92 Å². The summed E-state index contributed by atoms with van der Waals surface area (Å²) >= 11 is 9.59. The molecule has 0 saturated heterocycles. The number of alkyl halides is 1. The Hall–Kier alpha value is -0.540. The summed E-state index contributed by atoms with van der Waals surface area (Å²) in [5.41, 5.74) is 1.02. The van der Waals surface area contributed by atoms with E-state index in [1.54, 1.807) is 0 Å². The molecule has 1 amide bonds. The molecule has 1 aliphatic carbocycles. The fraction of sp³-hybridized carbons (Fsp3) is 0.500. The van der Waals surface area contributed by atoms with Crippen LogP contribution in [-0.2, 0) is 11.2 Å². The lowest BCUT2D eigenvalue weighted by molar-refractivity contribution is -0.120. The van der Waals surface area contributed by atoms with E-state index in [1.807, 2.05) is 24.3 Å². The molecule has 2 nitrogen and oxygen atoms in total. The molecule has 0 bridgehead atoms. The number of amides is 1. The van der Waals surface area contributed by atoms with E-state index in [2.05, 4.69) is 21.2 Å². The van der Waals surface area contributed by atoms with Gasteiger partial charge in [-0.3, -0.25) is 4.79 Å². The summed E-state index contributed by atoms with van der Waals surface area (Å²) in [6.07, 6.45) is 3.82. The number of benzene rings is 1. The van der Waals surface area contributed by atoms with Gasteiger partial charge in [-0.15, -0.1) is 11.6 Å². The van der Waals surface area contributed by atoms with Crippen LogP contribution in [0.25, 0.3) is 0 Å². The molecule has 0 heterocycles. The van der Waals surface area contributed by atoms with Crippen molar-refractivity contribution < 1.29 is 4.79 Å². The van der Waals surface area contributed by atoms with Crippen LogP contribution in [0.15, 0.2) is 28.7 Å². The summed E-state index contributed by atoms with van der Waals surface area (Å²) in [5.74, 6) is 0.516. The highest BCUT2D eigenvalue weighted by Gasteiger charge is 2.25. The van der Waals surface area contributed by atoms with Gasteiger partial charge in [-0.25, -0.2) is 0 Å². The van der Waals surface area contributed by atoms with Gasteiger partial charge in [0.05, 0.1) is 6.42 Å². The van der Waals surface area contributed by atoms with Crippen molar-refractivity contribution in [2.24, 2.45) is 5.92 Å². The van der Waals surface area contributed by atoms with Gasteiger partial charge in [-0.2, -0.15) is 0 Å². The number of nitrogens with one attached hydrogen (secondary N) is 1. The maximum absolute atomic E-state index is 11.8. The van der Waals surface area contributed by atoms with Gasteiger partial charge in [0.15, 0.2) is 0 Å². The first kappa shape index (κ1) is 13.9. The van der Waals surface area contributed by atoms with Crippen LogP contribution in [0.1, 0.15) is 24.8 Å². The molecule has 1 aromatic carbocycles. The molecular formula is C14H17BrClNO. The van der Waals surface area contributed by atoms with E-state index in [9.17, 15) is 4.79 Å². The number of hydrogen-bond acceptors (Lipinski definition) is 1. The number of hydrogen-bond donors (Lipinski definition) is 1. The van der Waals surface area contributed by atoms with Crippen LogP contribution >= 0.6 is 27.5 Å². The second kappa shape index (κ2) is 6.58. The summed E-state index contributed by atoms with van der Waals surface area (Å²) < 4.78 is 1.00. The van der Waals surface area contributed by atoms with E-state index in [4.69, 9.17) is 11.6 Å². The van der Waals surface area contributed by atoms with Gasteiger partial charge in [-0.1, -0.05) is 34.5 Å². The molecule has 2 rings (SSSR count). The first-order valence-corrected chi connectivity index (χ1v) is 7.53. The molecule has 2 atom stereocenters. The molecule has 2 unspecified atom stereocenters. The molecule has 1 saturated carbocycles. The van der Waals surface area contributed by atoms with E-state index in [0.717, 1.165) is 22.9 Å². The normalized spacial score (nSPS) is 23.0. The quantitative estimate of drug-likeness (QED) is 0.841. The molecular weight excluding hydrogens is 314 g/mol. The standard InChI is InChI=1S/C14H17BrClNO/c15-12-5-1-3-10(7-12)8-14(18)17-9-11-4-2-6-13(11)16/h1,3,5,7,11,13H,2,4,6,8-9H2,(H,17,18). The Morgan fingerprint density at radius 2 is 2.28 bits per heavy atom. The van der Waals surface area contributed by atoms with Gasteiger partial charge in [0.2, 0.25) is 5.91 Å². The lowest BCUT2D eigenvalue weighted by Gasteiger charge is -2.14. The molecule has 1 fully saturated rings. The summed E-state index contributed by atoms with van der Waals surface area (Å²) in [7, 11) is 0. The highest BCUT2D eigenvalue weighted by Crippen LogP contribution is 2.29. The fourth-order valence-electron chi connectivity index (χ4n) is 2.36. The minimum absolute atomic E-state index is 0.0730. The van der Waals surface area contributed by atoms with Crippen LogP contribution in [0.4, 0.5) is 0 Å². The topological polar surface area (TPSA) is 29.1 Å². The zero-order chi connectivity index (χ0) is 13.0. The van der Waals surface area contributed by atoms with E-state index in [0.29, 0.717) is 18.9 Å². The average molecular weight is 331 g/mol. The lowest BCUT2D eigenvalue weighted by Crippen LogP contribution is -2.32. The van der Waals surface area contributed by atoms with Crippen LogP contribution in [0.3, 0.4) is 0 Å². The van der Waals surface area contributed by atoms with Crippen LogP contribution in [0.5, 0.6) is 0 Å². The maximum Gasteiger partial charge on any atom is 0.224 e. The Morgan fingerprint density at radius 3 is 2.94 bits per heavy atom. The van der Waals surface area contributed by atoms with Gasteiger partial charge >= 0.3 is 0 Å². The monoisotopic (exact) mass is 329 g/mol. The SMILES string of the molecule is O=C(Cc1cccc(Br)c1)NCC1CCCC1Cl. The molecule has 1 N–H and O–H groups in total. The highest BCUT2D eigenvalue weighted by molar-refractivity contribution is 9.10. The maximum atomic E-state index is 11.8. The second-order valence-electron chi connectivity index (χ2n) is 4.82. The van der Waals surface area contributed by atoms with Crippen LogP contribution in [-0.4, -0.2) is 17.8 Å². The highest BCUT2D eigenvalue weighted by atomic mass is 79.9. The van der Waals surface area contributed by atoms with Crippen LogP contribution in [0.2, 0.25) is 0 Å². The van der Waals surface area contributed by atoms with Gasteiger partial charge < -0.3 is 5.32 Å². The smallest absolute Gasteiger partial charge is 0.224 e. The van der Waals surface area contributed by atoms with Crippen molar-refractivity contribution in [2.75, 3.05) is 6.54 Å². The summed E-state index contributed by atoms with van der Waals surface area (Å²) in [5, 5.41) is 3.22. The Kier molecular flexibility index (Phi) is 5.07. The molecule has 4 heteroatoms. The minimum Gasteiger partial charge on any atom is -0.355 e. The van der Waals surface area contributed by atoms with Crippen molar-refractivity contribution in [1.29, 1.82) is 0 Å². The molecule has 0 spiro atoms. The van der Waals surface area contributed by atoms with E-state index >= 15 is 0 Å². The number of carbonyl (C=O) groups is 1. The van der Waals surface area contributed by atoms with Crippen molar-refractivity contribution in [3.63, 3.8) is 0 Å². The van der Waals surface area contributed by atoms with Crippen molar-refractivity contribution >= 4 is 33.4 Å². The predicted octanol–water partition coefficient (Wildman–Crippen LogP) is 3.52. The van der Waals surface area contributed by atoms with Crippen molar-refractivity contribution in [2.45, 2.75) is 31.1 Å². The first-order chi connectivity index (χ1) is 8.65. The van der Waals surface area contributed by atoms with Gasteiger partial charge in [0.1, 0.15) is 0 Å². The van der Waals surface area contributed by atoms with Crippen molar-refractivity contribution in [3.8, 4) is 0 Å². The third kappa shape index (κ3) is 3.99. The molecule has 1 aliphatic rings. The molecule has 18 heavy (non-hydrogen) atoms. The van der Waals surface area contributed by atoms with Gasteiger partial charge in [0, 0.05) is 16.4 Å². The fourth-order valence-corrected chi connectivity index (χ4v) is 3.18. The third-order valence-electron chi connectivity index (χ3n) is 3.38.